The highest BCUT2D eigenvalue weighted by Gasteiger charge is 2.27. The molecular weight excluding hydrogens is 288 g/mol. The van der Waals surface area contributed by atoms with E-state index in [1.165, 1.54) is 5.56 Å². The highest BCUT2D eigenvalue weighted by atomic mass is 16.5. The van der Waals surface area contributed by atoms with Crippen LogP contribution in [0.4, 0.5) is 0 Å². The summed E-state index contributed by atoms with van der Waals surface area (Å²) in [6.07, 6.45) is 0. The number of rotatable bonds is 5. The Morgan fingerprint density at radius 2 is 1.65 bits per heavy atom. The van der Waals surface area contributed by atoms with Crippen LogP contribution in [0.1, 0.15) is 17.2 Å². The van der Waals surface area contributed by atoms with Crippen LogP contribution in [0.3, 0.4) is 0 Å². The molecular formula is C19H24N2O2. The number of para-hydroxylation sites is 1. The molecule has 0 aliphatic carbocycles. The number of piperazine rings is 1. The first kappa shape index (κ1) is 15.8. The van der Waals surface area contributed by atoms with Crippen molar-refractivity contribution in [2.75, 3.05) is 40.4 Å². The van der Waals surface area contributed by atoms with E-state index in [0.717, 1.165) is 43.2 Å². The molecule has 0 amide bonds. The largest absolute Gasteiger partial charge is 0.493 e. The lowest BCUT2D eigenvalue weighted by Gasteiger charge is -2.36. The van der Waals surface area contributed by atoms with Gasteiger partial charge in [0.15, 0.2) is 11.5 Å². The molecule has 23 heavy (non-hydrogen) atoms. The van der Waals surface area contributed by atoms with Crippen molar-refractivity contribution in [1.82, 2.24) is 10.2 Å². The van der Waals surface area contributed by atoms with Crippen LogP contribution >= 0.6 is 0 Å². The van der Waals surface area contributed by atoms with Crippen molar-refractivity contribution in [2.24, 2.45) is 0 Å². The first-order valence-corrected chi connectivity index (χ1v) is 8.05. The zero-order valence-corrected chi connectivity index (χ0v) is 13.8. The molecule has 0 bridgehead atoms. The van der Waals surface area contributed by atoms with Crippen molar-refractivity contribution in [3.8, 4) is 11.5 Å². The summed E-state index contributed by atoms with van der Waals surface area (Å²) < 4.78 is 11.2. The lowest BCUT2D eigenvalue weighted by Crippen LogP contribution is -2.45. The van der Waals surface area contributed by atoms with E-state index in [1.54, 1.807) is 14.2 Å². The van der Waals surface area contributed by atoms with Gasteiger partial charge in [-0.25, -0.2) is 0 Å². The van der Waals surface area contributed by atoms with E-state index in [2.05, 4.69) is 46.6 Å². The van der Waals surface area contributed by atoms with Crippen molar-refractivity contribution in [3.05, 3.63) is 59.7 Å². The van der Waals surface area contributed by atoms with Crippen molar-refractivity contribution in [3.63, 3.8) is 0 Å². The van der Waals surface area contributed by atoms with Crippen LogP contribution in [0.5, 0.6) is 11.5 Å². The van der Waals surface area contributed by atoms with Gasteiger partial charge >= 0.3 is 0 Å². The van der Waals surface area contributed by atoms with Gasteiger partial charge in [-0.2, -0.15) is 0 Å². The first-order valence-electron chi connectivity index (χ1n) is 8.05. The predicted octanol–water partition coefficient (Wildman–Crippen LogP) is 2.70. The fourth-order valence-corrected chi connectivity index (χ4v) is 3.29. The lowest BCUT2D eigenvalue weighted by atomic mass is 9.95. The maximum atomic E-state index is 5.69. The van der Waals surface area contributed by atoms with Gasteiger partial charge in [-0.3, -0.25) is 4.90 Å². The van der Waals surface area contributed by atoms with Gasteiger partial charge in [0, 0.05) is 31.7 Å². The standard InChI is InChI=1S/C19H24N2O2/c1-22-17-10-6-9-16(19(17)23-2)18(15-7-4-3-5-8-15)21-13-11-20-12-14-21/h3-10,18,20H,11-14H2,1-2H3. The summed E-state index contributed by atoms with van der Waals surface area (Å²) in [5, 5.41) is 3.43. The number of hydrogen-bond acceptors (Lipinski definition) is 4. The smallest absolute Gasteiger partial charge is 0.165 e. The third kappa shape index (κ3) is 3.33. The van der Waals surface area contributed by atoms with Crippen molar-refractivity contribution >= 4 is 0 Å². The molecule has 1 saturated heterocycles. The predicted molar refractivity (Wildman–Crippen MR) is 92.3 cm³/mol. The highest BCUT2D eigenvalue weighted by molar-refractivity contribution is 5.50. The Labute approximate surface area is 138 Å². The van der Waals surface area contributed by atoms with Gasteiger partial charge in [0.25, 0.3) is 0 Å². The van der Waals surface area contributed by atoms with Gasteiger partial charge in [0.05, 0.1) is 20.3 Å². The van der Waals surface area contributed by atoms with Gasteiger partial charge in [-0.05, 0) is 11.6 Å². The number of nitrogens with zero attached hydrogens (tertiary/aromatic N) is 1. The Morgan fingerprint density at radius 3 is 2.30 bits per heavy atom. The van der Waals surface area contributed by atoms with E-state index in [1.807, 2.05) is 12.1 Å². The number of ether oxygens (including phenoxy) is 2. The second-order valence-electron chi connectivity index (χ2n) is 5.68. The topological polar surface area (TPSA) is 33.7 Å². The number of benzene rings is 2. The molecule has 0 saturated carbocycles. The van der Waals surface area contributed by atoms with E-state index < -0.39 is 0 Å². The van der Waals surface area contributed by atoms with E-state index in [9.17, 15) is 0 Å². The van der Waals surface area contributed by atoms with Gasteiger partial charge in [0.2, 0.25) is 0 Å². The van der Waals surface area contributed by atoms with Crippen LogP contribution in [0.25, 0.3) is 0 Å². The molecule has 1 N–H and O–H groups in total. The summed E-state index contributed by atoms with van der Waals surface area (Å²) in [4.78, 5) is 2.50. The molecule has 1 unspecified atom stereocenters. The Balaban J connectivity index is 2.08. The van der Waals surface area contributed by atoms with Crippen LogP contribution in [0, 0.1) is 0 Å². The molecule has 1 heterocycles. The molecule has 0 aromatic heterocycles. The Bertz CT molecular complexity index is 625. The molecule has 1 aliphatic heterocycles. The number of methoxy groups -OCH3 is 2. The summed E-state index contributed by atoms with van der Waals surface area (Å²) >= 11 is 0. The maximum Gasteiger partial charge on any atom is 0.165 e. The first-order chi connectivity index (χ1) is 11.3. The second-order valence-corrected chi connectivity index (χ2v) is 5.68. The summed E-state index contributed by atoms with van der Waals surface area (Å²) in [5.74, 6) is 1.60. The Hall–Kier alpha value is -2.04. The Morgan fingerprint density at radius 1 is 0.913 bits per heavy atom. The monoisotopic (exact) mass is 312 g/mol. The quantitative estimate of drug-likeness (QED) is 0.920. The molecule has 4 heteroatoms. The van der Waals surface area contributed by atoms with Gasteiger partial charge in [-0.15, -0.1) is 0 Å². The third-order valence-electron chi connectivity index (χ3n) is 4.36. The molecule has 4 nitrogen and oxygen atoms in total. The molecule has 0 spiro atoms. The molecule has 2 aromatic rings. The molecule has 1 fully saturated rings. The summed E-state index contributed by atoms with van der Waals surface area (Å²) in [6.45, 7) is 4.05. The number of hydrogen-bond donors (Lipinski definition) is 1. The zero-order valence-electron chi connectivity index (χ0n) is 13.8. The lowest BCUT2D eigenvalue weighted by molar-refractivity contribution is 0.194. The van der Waals surface area contributed by atoms with Crippen LogP contribution < -0.4 is 14.8 Å². The minimum absolute atomic E-state index is 0.170. The van der Waals surface area contributed by atoms with E-state index in [4.69, 9.17) is 9.47 Å². The molecule has 0 radical (unpaired) electrons. The van der Waals surface area contributed by atoms with Crippen LogP contribution in [-0.2, 0) is 0 Å². The normalized spacial score (nSPS) is 16.8. The van der Waals surface area contributed by atoms with Crippen LogP contribution in [0.2, 0.25) is 0 Å². The van der Waals surface area contributed by atoms with Crippen molar-refractivity contribution in [2.45, 2.75) is 6.04 Å². The summed E-state index contributed by atoms with van der Waals surface area (Å²) in [6, 6.07) is 16.9. The van der Waals surface area contributed by atoms with Crippen LogP contribution in [-0.4, -0.2) is 45.3 Å². The second kappa shape index (κ2) is 7.49. The fourth-order valence-electron chi connectivity index (χ4n) is 3.29. The third-order valence-corrected chi connectivity index (χ3v) is 4.36. The molecule has 3 rings (SSSR count). The SMILES string of the molecule is COc1cccc(C(c2ccccc2)N2CCNCC2)c1OC. The highest BCUT2D eigenvalue weighted by Crippen LogP contribution is 2.40. The van der Waals surface area contributed by atoms with E-state index in [0.29, 0.717) is 0 Å². The maximum absolute atomic E-state index is 5.69. The van der Waals surface area contributed by atoms with Gasteiger partial charge in [-0.1, -0.05) is 42.5 Å². The molecule has 122 valence electrons. The molecule has 1 aliphatic rings. The molecule has 1 atom stereocenters. The minimum Gasteiger partial charge on any atom is -0.493 e. The van der Waals surface area contributed by atoms with Crippen molar-refractivity contribution in [1.29, 1.82) is 0 Å². The average Bonchev–Trinajstić information content (AvgIpc) is 2.63. The van der Waals surface area contributed by atoms with E-state index >= 15 is 0 Å². The fraction of sp³-hybridized carbons (Fsp3) is 0.368. The van der Waals surface area contributed by atoms with Gasteiger partial charge < -0.3 is 14.8 Å². The molecule has 2 aromatic carbocycles. The Kier molecular flexibility index (Phi) is 5.16. The van der Waals surface area contributed by atoms with Crippen LogP contribution in [0.15, 0.2) is 48.5 Å². The minimum atomic E-state index is 0.170. The summed E-state index contributed by atoms with van der Waals surface area (Å²) in [5.41, 5.74) is 2.43. The zero-order chi connectivity index (χ0) is 16.1. The average molecular weight is 312 g/mol. The van der Waals surface area contributed by atoms with Crippen molar-refractivity contribution < 1.29 is 9.47 Å². The van der Waals surface area contributed by atoms with Gasteiger partial charge in [0.1, 0.15) is 0 Å². The summed E-state index contributed by atoms with van der Waals surface area (Å²) in [7, 11) is 3.39. The van der Waals surface area contributed by atoms with E-state index in [-0.39, 0.29) is 6.04 Å². The number of nitrogens with one attached hydrogen (secondary N) is 1.